The Hall–Kier alpha value is -2.93. The van der Waals surface area contributed by atoms with Crippen LogP contribution < -0.4 is 5.32 Å². The fourth-order valence-electron chi connectivity index (χ4n) is 5.15. The van der Waals surface area contributed by atoms with Crippen molar-refractivity contribution in [3.05, 3.63) is 93.0 Å². The summed E-state index contributed by atoms with van der Waals surface area (Å²) in [6.45, 7) is 14.0. The van der Waals surface area contributed by atoms with Gasteiger partial charge in [0.05, 0.1) is 0 Å². The number of amides is 2. The SMILES string of the molecule is CCC(C)=C/C(C)=C\CC(C)CN1C(=O)c2cc(C(C)(O)C(=O)NC(C)C)ccc2C1(OC)c1ccc(Cl)cc1. The summed E-state index contributed by atoms with van der Waals surface area (Å²) in [5.41, 5.74) is 1.68. The number of halogens is 1. The average Bonchev–Trinajstić information content (AvgIpc) is 3.14. The van der Waals surface area contributed by atoms with E-state index in [-0.39, 0.29) is 17.9 Å². The monoisotopic (exact) mass is 566 g/mol. The molecule has 0 saturated heterocycles. The highest BCUT2D eigenvalue weighted by atomic mass is 35.5. The molecule has 2 aromatic rings. The summed E-state index contributed by atoms with van der Waals surface area (Å²) in [7, 11) is 1.59. The second-order valence-electron chi connectivity index (χ2n) is 11.4. The van der Waals surface area contributed by atoms with Gasteiger partial charge in [-0.05, 0) is 77.1 Å². The lowest BCUT2D eigenvalue weighted by atomic mass is 9.88. The Labute approximate surface area is 244 Å². The van der Waals surface area contributed by atoms with Crippen LogP contribution in [-0.4, -0.2) is 41.5 Å². The predicted octanol–water partition coefficient (Wildman–Crippen LogP) is 6.70. The van der Waals surface area contributed by atoms with Crippen LogP contribution in [0.4, 0.5) is 0 Å². The molecule has 0 saturated carbocycles. The van der Waals surface area contributed by atoms with Crippen LogP contribution in [0.15, 0.2) is 65.8 Å². The number of carbonyl (C=O) groups is 2. The molecule has 0 radical (unpaired) electrons. The fourth-order valence-corrected chi connectivity index (χ4v) is 5.27. The van der Waals surface area contributed by atoms with E-state index < -0.39 is 17.2 Å². The number of allylic oxidation sites excluding steroid dienone is 4. The van der Waals surface area contributed by atoms with Crippen LogP contribution in [0.3, 0.4) is 0 Å². The molecule has 1 aliphatic rings. The number of benzene rings is 2. The number of hydrogen-bond donors (Lipinski definition) is 2. The van der Waals surface area contributed by atoms with Gasteiger partial charge in [0.25, 0.3) is 11.8 Å². The molecule has 6 nitrogen and oxygen atoms in total. The molecule has 0 fully saturated rings. The van der Waals surface area contributed by atoms with Gasteiger partial charge in [0.1, 0.15) is 0 Å². The molecule has 1 heterocycles. The van der Waals surface area contributed by atoms with Crippen LogP contribution in [0.1, 0.15) is 88.4 Å². The number of ether oxygens (including phenoxy) is 1. The number of hydrogen-bond acceptors (Lipinski definition) is 4. The van der Waals surface area contributed by atoms with E-state index in [2.05, 4.69) is 45.2 Å². The molecular formula is C33H43ClN2O4. The molecule has 2 aromatic carbocycles. The molecule has 3 atom stereocenters. The molecule has 0 spiro atoms. The minimum atomic E-state index is -1.82. The predicted molar refractivity (Wildman–Crippen MR) is 161 cm³/mol. The van der Waals surface area contributed by atoms with Gasteiger partial charge in [0.2, 0.25) is 0 Å². The van der Waals surface area contributed by atoms with Crippen molar-refractivity contribution in [3.63, 3.8) is 0 Å². The standard InChI is InChI=1S/C33H43ClN2O4/c1-9-22(4)18-23(5)10-11-24(6)20-36-30(37)28-19-26(32(7,39)31(38)35-21(2)3)14-17-29(28)33(36,40-8)25-12-15-27(34)16-13-25/h10,12-19,21,24,39H,9,11,20H2,1-8H3,(H,35,38)/b22-18?,23-10-. The van der Waals surface area contributed by atoms with Gasteiger partial charge in [-0.1, -0.05) is 73.0 Å². The van der Waals surface area contributed by atoms with E-state index in [9.17, 15) is 14.7 Å². The quantitative estimate of drug-likeness (QED) is 0.296. The first-order chi connectivity index (χ1) is 18.8. The van der Waals surface area contributed by atoms with E-state index >= 15 is 0 Å². The van der Waals surface area contributed by atoms with Crippen molar-refractivity contribution < 1.29 is 19.4 Å². The summed E-state index contributed by atoms with van der Waals surface area (Å²) in [4.78, 5) is 28.7. The Bertz CT molecular complexity index is 1300. The molecule has 40 heavy (non-hydrogen) atoms. The molecule has 7 heteroatoms. The summed E-state index contributed by atoms with van der Waals surface area (Å²) in [6, 6.07) is 12.3. The number of methoxy groups -OCH3 is 1. The van der Waals surface area contributed by atoms with E-state index in [1.165, 1.54) is 18.1 Å². The molecule has 0 aromatic heterocycles. The average molecular weight is 567 g/mol. The third-order valence-corrected chi connectivity index (χ3v) is 7.82. The summed E-state index contributed by atoms with van der Waals surface area (Å²) < 4.78 is 6.25. The Morgan fingerprint density at radius 3 is 2.40 bits per heavy atom. The first-order valence-corrected chi connectivity index (χ1v) is 14.3. The summed E-state index contributed by atoms with van der Waals surface area (Å²) >= 11 is 6.21. The van der Waals surface area contributed by atoms with Gasteiger partial charge >= 0.3 is 0 Å². The second-order valence-corrected chi connectivity index (χ2v) is 11.8. The van der Waals surface area contributed by atoms with Crippen molar-refractivity contribution in [2.75, 3.05) is 13.7 Å². The Kier molecular flexibility index (Phi) is 10.0. The van der Waals surface area contributed by atoms with Crippen molar-refractivity contribution in [3.8, 4) is 0 Å². The van der Waals surface area contributed by atoms with Crippen LogP contribution in [0.2, 0.25) is 5.02 Å². The lowest BCUT2D eigenvalue weighted by molar-refractivity contribution is -0.139. The molecule has 1 aliphatic heterocycles. The van der Waals surface area contributed by atoms with E-state index in [1.807, 2.05) is 26.0 Å². The van der Waals surface area contributed by atoms with Crippen molar-refractivity contribution in [1.82, 2.24) is 10.2 Å². The van der Waals surface area contributed by atoms with Crippen LogP contribution in [0, 0.1) is 5.92 Å². The molecule has 216 valence electrons. The smallest absolute Gasteiger partial charge is 0.257 e. The summed E-state index contributed by atoms with van der Waals surface area (Å²) in [6.07, 6.45) is 6.19. The first-order valence-electron chi connectivity index (χ1n) is 13.9. The summed E-state index contributed by atoms with van der Waals surface area (Å²) in [5.74, 6) is -0.614. The third kappa shape index (κ3) is 6.35. The van der Waals surface area contributed by atoms with Crippen molar-refractivity contribution in [2.45, 2.75) is 78.7 Å². The highest BCUT2D eigenvalue weighted by Crippen LogP contribution is 2.46. The zero-order chi connectivity index (χ0) is 29.8. The van der Waals surface area contributed by atoms with Crippen LogP contribution in [0.5, 0.6) is 0 Å². The topological polar surface area (TPSA) is 78.9 Å². The minimum Gasteiger partial charge on any atom is -0.376 e. The number of fused-ring (bicyclic) bond motifs is 1. The molecule has 0 aliphatic carbocycles. The molecule has 0 bridgehead atoms. The number of carbonyl (C=O) groups excluding carboxylic acids is 2. The van der Waals surface area contributed by atoms with E-state index in [0.717, 1.165) is 18.4 Å². The normalized spacial score (nSPS) is 20.0. The zero-order valence-electron chi connectivity index (χ0n) is 25.0. The number of aliphatic hydroxyl groups is 1. The Morgan fingerprint density at radius 1 is 1.18 bits per heavy atom. The van der Waals surface area contributed by atoms with Crippen molar-refractivity contribution in [2.24, 2.45) is 5.92 Å². The van der Waals surface area contributed by atoms with Crippen molar-refractivity contribution >= 4 is 23.4 Å². The fraction of sp³-hybridized carbons (Fsp3) is 0.455. The van der Waals surface area contributed by atoms with Crippen LogP contribution in [0.25, 0.3) is 0 Å². The minimum absolute atomic E-state index is 0.129. The van der Waals surface area contributed by atoms with Gasteiger partial charge in [-0.3, -0.25) is 9.59 Å². The van der Waals surface area contributed by atoms with Crippen molar-refractivity contribution in [1.29, 1.82) is 0 Å². The zero-order valence-corrected chi connectivity index (χ0v) is 25.7. The second kappa shape index (κ2) is 12.7. The molecule has 3 rings (SSSR count). The molecule has 2 N–H and O–H groups in total. The van der Waals surface area contributed by atoms with E-state index in [1.54, 1.807) is 42.3 Å². The number of nitrogens with zero attached hydrogens (tertiary/aromatic N) is 1. The highest BCUT2D eigenvalue weighted by molar-refractivity contribution is 6.30. The largest absolute Gasteiger partial charge is 0.376 e. The molecule has 3 unspecified atom stereocenters. The van der Waals surface area contributed by atoms with Crippen LogP contribution >= 0.6 is 11.6 Å². The third-order valence-electron chi connectivity index (χ3n) is 7.56. The maximum atomic E-state index is 14.1. The van der Waals surface area contributed by atoms with Gasteiger partial charge in [-0.15, -0.1) is 0 Å². The molecule has 2 amide bonds. The Balaban J connectivity index is 2.08. The van der Waals surface area contributed by atoms with Gasteiger partial charge in [0, 0.05) is 41.4 Å². The van der Waals surface area contributed by atoms with E-state index in [0.29, 0.717) is 28.3 Å². The lowest BCUT2D eigenvalue weighted by Gasteiger charge is -2.39. The number of nitrogens with one attached hydrogen (secondary N) is 1. The van der Waals surface area contributed by atoms with Gasteiger partial charge < -0.3 is 20.1 Å². The van der Waals surface area contributed by atoms with Crippen LogP contribution in [-0.2, 0) is 20.9 Å². The molecular weight excluding hydrogens is 524 g/mol. The van der Waals surface area contributed by atoms with Gasteiger partial charge in [-0.2, -0.15) is 0 Å². The van der Waals surface area contributed by atoms with Gasteiger partial charge in [-0.25, -0.2) is 0 Å². The lowest BCUT2D eigenvalue weighted by Crippen LogP contribution is -2.48. The van der Waals surface area contributed by atoms with Gasteiger partial charge in [0.15, 0.2) is 11.3 Å². The highest BCUT2D eigenvalue weighted by Gasteiger charge is 2.52. The maximum Gasteiger partial charge on any atom is 0.257 e. The maximum absolute atomic E-state index is 14.1. The first kappa shape index (κ1) is 31.6. The number of rotatable bonds is 11. The Morgan fingerprint density at radius 2 is 1.82 bits per heavy atom. The summed E-state index contributed by atoms with van der Waals surface area (Å²) in [5, 5.41) is 14.5. The van der Waals surface area contributed by atoms with E-state index in [4.69, 9.17) is 16.3 Å².